The molecule has 1 saturated carbocycles. The fraction of sp³-hybridized carbons (Fsp3) is 0.550. The highest BCUT2D eigenvalue weighted by Gasteiger charge is 2.46. The van der Waals surface area contributed by atoms with E-state index in [1.807, 2.05) is 6.07 Å². The van der Waals surface area contributed by atoms with Crippen LogP contribution in [0.4, 0.5) is 0 Å². The van der Waals surface area contributed by atoms with Crippen molar-refractivity contribution in [1.82, 2.24) is 5.32 Å². The molecular weight excluding hydrogens is 350 g/mol. The van der Waals surface area contributed by atoms with Crippen molar-refractivity contribution in [2.24, 2.45) is 11.8 Å². The van der Waals surface area contributed by atoms with Crippen LogP contribution in [0.15, 0.2) is 24.5 Å². The summed E-state index contributed by atoms with van der Waals surface area (Å²) in [5.41, 5.74) is 1.23. The van der Waals surface area contributed by atoms with E-state index in [9.17, 15) is 9.90 Å². The minimum Gasteiger partial charge on any atom is -0.496 e. The van der Waals surface area contributed by atoms with E-state index in [1.54, 1.807) is 26.4 Å². The van der Waals surface area contributed by atoms with Gasteiger partial charge in [0.25, 0.3) is 0 Å². The van der Waals surface area contributed by atoms with Gasteiger partial charge in [0.2, 0.25) is 0 Å². The highest BCUT2D eigenvalue weighted by atomic mass is 16.5. The van der Waals surface area contributed by atoms with Crippen LogP contribution in [0.25, 0.3) is 5.57 Å². The van der Waals surface area contributed by atoms with E-state index >= 15 is 0 Å². The number of fused-ring (bicyclic) bond motifs is 1. The first-order valence-electron chi connectivity index (χ1n) is 9.22. The minimum absolute atomic E-state index is 0.0255. The van der Waals surface area contributed by atoms with Crippen LogP contribution >= 0.6 is 0 Å². The molecule has 0 saturated heterocycles. The monoisotopic (exact) mass is 377 g/mol. The molecule has 1 aromatic carbocycles. The molecule has 4 unspecified atom stereocenters. The number of methoxy groups -OCH3 is 2. The van der Waals surface area contributed by atoms with Crippen molar-refractivity contribution in [3.8, 4) is 11.5 Å². The number of Topliss-reactive ketones (excluding diaryl/α,β-unsaturated/α-hetero) is 1. The number of carbonyl (C=O) groups is 1. The molecule has 27 heavy (non-hydrogen) atoms. The summed E-state index contributed by atoms with van der Waals surface area (Å²) < 4.78 is 16.5. The molecule has 1 heterocycles. The maximum atomic E-state index is 13.1. The molecule has 7 nitrogen and oxygen atoms in total. The van der Waals surface area contributed by atoms with Crippen molar-refractivity contribution in [1.29, 1.82) is 0 Å². The van der Waals surface area contributed by atoms with Crippen LogP contribution in [-0.2, 0) is 9.53 Å². The number of benzene rings is 1. The van der Waals surface area contributed by atoms with E-state index in [0.29, 0.717) is 43.0 Å². The Hall–Kier alpha value is -2.09. The molecule has 3 rings (SSSR count). The smallest absolute Gasteiger partial charge is 0.173 e. The van der Waals surface area contributed by atoms with E-state index in [-0.39, 0.29) is 30.3 Å². The first-order chi connectivity index (χ1) is 13.1. The lowest BCUT2D eigenvalue weighted by atomic mass is 9.72. The molecule has 1 aromatic rings. The van der Waals surface area contributed by atoms with Crippen LogP contribution in [-0.4, -0.2) is 62.1 Å². The maximum Gasteiger partial charge on any atom is 0.173 e. The van der Waals surface area contributed by atoms with E-state index in [2.05, 4.69) is 5.32 Å². The highest BCUT2D eigenvalue weighted by Crippen LogP contribution is 2.40. The second-order valence-electron chi connectivity index (χ2n) is 6.91. The number of aliphatic hydroxyl groups excluding tert-OH is 2. The molecule has 7 heteroatoms. The molecule has 148 valence electrons. The molecule has 2 aliphatic rings. The van der Waals surface area contributed by atoms with Gasteiger partial charge in [-0.1, -0.05) is 6.07 Å². The van der Waals surface area contributed by atoms with Crippen molar-refractivity contribution in [2.75, 3.05) is 33.9 Å². The fourth-order valence-corrected chi connectivity index (χ4v) is 3.94. The molecule has 1 aliphatic heterocycles. The van der Waals surface area contributed by atoms with Crippen LogP contribution in [0, 0.1) is 11.8 Å². The van der Waals surface area contributed by atoms with Crippen LogP contribution < -0.4 is 14.8 Å². The number of nitrogens with one attached hydrogen (secondary N) is 1. The van der Waals surface area contributed by atoms with Crippen molar-refractivity contribution < 1.29 is 29.2 Å². The number of aliphatic hydroxyl groups is 2. The van der Waals surface area contributed by atoms with Gasteiger partial charge in [-0.15, -0.1) is 0 Å². The van der Waals surface area contributed by atoms with E-state index < -0.39 is 6.10 Å². The van der Waals surface area contributed by atoms with Crippen molar-refractivity contribution in [3.63, 3.8) is 0 Å². The normalized spacial score (nSPS) is 27.4. The molecule has 1 fully saturated rings. The van der Waals surface area contributed by atoms with Gasteiger partial charge >= 0.3 is 0 Å². The molecule has 1 aliphatic carbocycles. The molecule has 3 N–H and O–H groups in total. The Morgan fingerprint density at radius 1 is 1.22 bits per heavy atom. The van der Waals surface area contributed by atoms with Crippen molar-refractivity contribution in [2.45, 2.75) is 25.0 Å². The van der Waals surface area contributed by atoms with Crippen molar-refractivity contribution in [3.05, 3.63) is 30.0 Å². The summed E-state index contributed by atoms with van der Waals surface area (Å²) in [6.45, 7) is 0.969. The zero-order valence-corrected chi connectivity index (χ0v) is 15.7. The second kappa shape index (κ2) is 8.73. The summed E-state index contributed by atoms with van der Waals surface area (Å²) in [7, 11) is 3.12. The van der Waals surface area contributed by atoms with Gasteiger partial charge in [0.15, 0.2) is 17.3 Å². The standard InChI is InChI=1S/C20H27NO6/c1-25-17-6-3-12(9-18(17)26-2)15-11-27-20-13(19(15)24)4-5-16(23)14(20)10-21-7-8-22/h3,6,9,11,13-14,16,20-23H,4-5,7-8,10H2,1-2H3. The zero-order chi connectivity index (χ0) is 19.4. The van der Waals surface area contributed by atoms with Gasteiger partial charge in [-0.2, -0.15) is 0 Å². The number of carbonyl (C=O) groups excluding carboxylic acids is 1. The maximum absolute atomic E-state index is 13.1. The van der Waals surface area contributed by atoms with Crippen LogP contribution in [0.2, 0.25) is 0 Å². The minimum atomic E-state index is -0.527. The van der Waals surface area contributed by atoms with E-state index in [1.165, 1.54) is 6.26 Å². The first-order valence-corrected chi connectivity index (χ1v) is 9.22. The molecule has 0 amide bonds. The van der Waals surface area contributed by atoms with E-state index in [0.717, 1.165) is 5.56 Å². The Morgan fingerprint density at radius 2 is 2.00 bits per heavy atom. The molecule has 0 aromatic heterocycles. The number of allylic oxidation sites excluding steroid dienone is 1. The Labute approximate surface area is 158 Å². The van der Waals surface area contributed by atoms with Gasteiger partial charge in [-0.3, -0.25) is 4.79 Å². The molecule has 4 atom stereocenters. The summed E-state index contributed by atoms with van der Waals surface area (Å²) in [5.74, 6) is 0.693. The van der Waals surface area contributed by atoms with Crippen LogP contribution in [0.3, 0.4) is 0 Å². The lowest BCUT2D eigenvalue weighted by Gasteiger charge is -2.42. The zero-order valence-electron chi connectivity index (χ0n) is 15.7. The van der Waals surface area contributed by atoms with Gasteiger partial charge in [0.05, 0.1) is 44.7 Å². The number of hydrogen-bond acceptors (Lipinski definition) is 7. The topological polar surface area (TPSA) is 97.3 Å². The third-order valence-corrected chi connectivity index (χ3v) is 5.39. The van der Waals surface area contributed by atoms with E-state index in [4.69, 9.17) is 19.3 Å². The van der Waals surface area contributed by atoms with Gasteiger partial charge < -0.3 is 29.7 Å². The predicted octanol–water partition coefficient (Wildman–Crippen LogP) is 0.982. The number of hydrogen-bond donors (Lipinski definition) is 3. The third kappa shape index (κ3) is 3.95. The van der Waals surface area contributed by atoms with Gasteiger partial charge in [-0.25, -0.2) is 0 Å². The van der Waals surface area contributed by atoms with Crippen molar-refractivity contribution >= 4 is 11.4 Å². The fourth-order valence-electron chi connectivity index (χ4n) is 3.94. The Morgan fingerprint density at radius 3 is 2.70 bits per heavy atom. The SMILES string of the molecule is COc1ccc(C2=COC3C(CCC(O)C3CNCCO)C2=O)cc1OC. The molecule has 0 spiro atoms. The first kappa shape index (κ1) is 19.7. The quantitative estimate of drug-likeness (QED) is 0.610. The summed E-state index contributed by atoms with van der Waals surface area (Å²) in [6, 6.07) is 5.34. The second-order valence-corrected chi connectivity index (χ2v) is 6.91. The Balaban J connectivity index is 1.83. The summed E-state index contributed by atoms with van der Waals surface area (Å²) >= 11 is 0. The lowest BCUT2D eigenvalue weighted by molar-refractivity contribution is -0.132. The third-order valence-electron chi connectivity index (χ3n) is 5.39. The summed E-state index contributed by atoms with van der Waals surface area (Å²) in [5, 5.41) is 22.4. The van der Waals surface area contributed by atoms with Gasteiger partial charge in [0, 0.05) is 19.0 Å². The average molecular weight is 377 g/mol. The molecular formula is C20H27NO6. The van der Waals surface area contributed by atoms with Gasteiger partial charge in [-0.05, 0) is 30.5 Å². The molecule has 0 radical (unpaired) electrons. The summed E-state index contributed by atoms with van der Waals surface area (Å²) in [4.78, 5) is 13.1. The predicted molar refractivity (Wildman–Crippen MR) is 99.6 cm³/mol. The largest absolute Gasteiger partial charge is 0.496 e. The number of ketones is 1. The highest BCUT2D eigenvalue weighted by molar-refractivity contribution is 6.22. The summed E-state index contributed by atoms with van der Waals surface area (Å²) in [6.07, 6.45) is 1.76. The van der Waals surface area contributed by atoms with Crippen LogP contribution in [0.5, 0.6) is 11.5 Å². The van der Waals surface area contributed by atoms with Gasteiger partial charge in [0.1, 0.15) is 6.10 Å². The number of rotatable bonds is 7. The Kier molecular flexibility index (Phi) is 6.36. The van der Waals surface area contributed by atoms with Crippen LogP contribution in [0.1, 0.15) is 18.4 Å². The lowest BCUT2D eigenvalue weighted by Crippen LogP contribution is -2.51. The molecule has 0 bridgehead atoms. The average Bonchev–Trinajstić information content (AvgIpc) is 2.69. The Bertz CT molecular complexity index is 704. The number of ether oxygens (including phenoxy) is 3.